The van der Waals surface area contributed by atoms with Crippen LogP contribution >= 0.6 is 0 Å². The maximum atomic E-state index is 13.9. The smallest absolute Gasteiger partial charge is 0.130 e. The summed E-state index contributed by atoms with van der Waals surface area (Å²) in [6, 6.07) is 2.48. The summed E-state index contributed by atoms with van der Waals surface area (Å²) in [5.41, 5.74) is 1.02. The van der Waals surface area contributed by atoms with E-state index < -0.39 is 11.6 Å². The second-order valence-corrected chi connectivity index (χ2v) is 5.18. The molecule has 0 aliphatic carbocycles. The minimum absolute atomic E-state index is 0.0940. The van der Waals surface area contributed by atoms with Crippen LogP contribution in [-0.4, -0.2) is 19.8 Å². The van der Waals surface area contributed by atoms with Gasteiger partial charge in [0.15, 0.2) is 0 Å². The minimum Gasteiger partial charge on any atom is -0.378 e. The lowest BCUT2D eigenvalue weighted by atomic mass is 9.97. The van der Waals surface area contributed by atoms with Gasteiger partial charge in [0, 0.05) is 24.3 Å². The Balaban J connectivity index is 2.05. The van der Waals surface area contributed by atoms with Crippen LogP contribution in [0.3, 0.4) is 0 Å². The van der Waals surface area contributed by atoms with Crippen molar-refractivity contribution in [3.63, 3.8) is 0 Å². The number of hydrogen-bond donors (Lipinski definition) is 1. The number of halogens is 2. The average Bonchev–Trinajstić information content (AvgIpc) is 2.89. The van der Waals surface area contributed by atoms with Crippen molar-refractivity contribution in [1.29, 1.82) is 0 Å². The van der Waals surface area contributed by atoms with Gasteiger partial charge in [-0.05, 0) is 51.3 Å². The van der Waals surface area contributed by atoms with Crippen LogP contribution in [0.1, 0.15) is 42.9 Å². The standard InChI is InChI=1S/C15H21F2NO/c1-10-8-12(14(17)9-13(10)16)15(18-2)6-5-11-4-3-7-19-11/h8-9,11,15,18H,3-7H2,1-2H3. The highest BCUT2D eigenvalue weighted by atomic mass is 19.1. The first-order chi connectivity index (χ1) is 9.11. The third-order valence-electron chi connectivity index (χ3n) is 3.80. The van der Waals surface area contributed by atoms with Crippen molar-refractivity contribution in [1.82, 2.24) is 5.32 Å². The largest absolute Gasteiger partial charge is 0.378 e. The normalized spacial score (nSPS) is 20.7. The Hall–Kier alpha value is -1.00. The molecule has 0 spiro atoms. The topological polar surface area (TPSA) is 21.3 Å². The lowest BCUT2D eigenvalue weighted by Crippen LogP contribution is -2.20. The molecular weight excluding hydrogens is 248 g/mol. The first kappa shape index (κ1) is 14.4. The molecule has 1 N–H and O–H groups in total. The van der Waals surface area contributed by atoms with Gasteiger partial charge in [0.2, 0.25) is 0 Å². The van der Waals surface area contributed by atoms with Crippen LogP contribution in [0, 0.1) is 18.6 Å². The van der Waals surface area contributed by atoms with Gasteiger partial charge >= 0.3 is 0 Å². The predicted molar refractivity (Wildman–Crippen MR) is 71.1 cm³/mol. The van der Waals surface area contributed by atoms with Crippen LogP contribution in [0.15, 0.2) is 12.1 Å². The summed E-state index contributed by atoms with van der Waals surface area (Å²) in [7, 11) is 1.80. The fourth-order valence-electron chi connectivity index (χ4n) is 2.63. The Morgan fingerprint density at radius 3 is 2.79 bits per heavy atom. The maximum Gasteiger partial charge on any atom is 0.130 e. The molecule has 2 nitrogen and oxygen atoms in total. The quantitative estimate of drug-likeness (QED) is 0.883. The van der Waals surface area contributed by atoms with Crippen molar-refractivity contribution >= 4 is 0 Å². The summed E-state index contributed by atoms with van der Waals surface area (Å²) in [6.07, 6.45) is 4.19. The van der Waals surface area contributed by atoms with Crippen LogP contribution in [0.25, 0.3) is 0 Å². The summed E-state index contributed by atoms with van der Waals surface area (Å²) < 4.78 is 32.7. The third kappa shape index (κ3) is 3.51. The summed E-state index contributed by atoms with van der Waals surface area (Å²) in [5, 5.41) is 3.11. The van der Waals surface area contributed by atoms with Crippen LogP contribution in [-0.2, 0) is 4.74 Å². The number of hydrogen-bond acceptors (Lipinski definition) is 2. The Labute approximate surface area is 113 Å². The highest BCUT2D eigenvalue weighted by Gasteiger charge is 2.20. The highest BCUT2D eigenvalue weighted by Crippen LogP contribution is 2.27. The zero-order chi connectivity index (χ0) is 13.8. The molecule has 0 aromatic heterocycles. The highest BCUT2D eigenvalue weighted by molar-refractivity contribution is 5.28. The molecule has 1 aliphatic rings. The molecule has 0 bridgehead atoms. The van der Waals surface area contributed by atoms with Gasteiger partial charge in [-0.2, -0.15) is 0 Å². The number of ether oxygens (including phenoxy) is 1. The molecule has 2 unspecified atom stereocenters. The van der Waals surface area contributed by atoms with E-state index in [0.717, 1.165) is 38.4 Å². The third-order valence-corrected chi connectivity index (χ3v) is 3.80. The van der Waals surface area contributed by atoms with E-state index in [2.05, 4.69) is 5.32 Å². The Morgan fingerprint density at radius 2 is 2.16 bits per heavy atom. The van der Waals surface area contributed by atoms with Gasteiger partial charge in [-0.15, -0.1) is 0 Å². The van der Waals surface area contributed by atoms with Crippen molar-refractivity contribution in [2.24, 2.45) is 0 Å². The SMILES string of the molecule is CNC(CCC1CCCO1)c1cc(C)c(F)cc1F. The second kappa shape index (κ2) is 6.44. The summed E-state index contributed by atoms with van der Waals surface area (Å²) >= 11 is 0. The maximum absolute atomic E-state index is 13.9. The molecule has 19 heavy (non-hydrogen) atoms. The van der Waals surface area contributed by atoms with E-state index in [9.17, 15) is 8.78 Å². The molecule has 0 saturated carbocycles. The minimum atomic E-state index is -0.491. The van der Waals surface area contributed by atoms with Crippen LogP contribution < -0.4 is 5.32 Å². The molecule has 1 aromatic rings. The van der Waals surface area contributed by atoms with E-state index in [4.69, 9.17) is 4.74 Å². The lowest BCUT2D eigenvalue weighted by Gasteiger charge is -2.20. The van der Waals surface area contributed by atoms with E-state index in [-0.39, 0.29) is 6.04 Å². The molecular formula is C15H21F2NO. The molecule has 1 saturated heterocycles. The number of aryl methyl sites for hydroxylation is 1. The van der Waals surface area contributed by atoms with E-state index in [1.807, 2.05) is 0 Å². The number of nitrogens with one attached hydrogen (secondary N) is 1. The van der Waals surface area contributed by atoms with Crippen LogP contribution in [0.5, 0.6) is 0 Å². The first-order valence-electron chi connectivity index (χ1n) is 6.86. The van der Waals surface area contributed by atoms with Crippen molar-refractivity contribution in [2.45, 2.75) is 44.8 Å². The van der Waals surface area contributed by atoms with E-state index >= 15 is 0 Å². The Kier molecular flexibility index (Phi) is 4.88. The Bertz CT molecular complexity index is 430. The van der Waals surface area contributed by atoms with Crippen molar-refractivity contribution in [3.8, 4) is 0 Å². The fourth-order valence-corrected chi connectivity index (χ4v) is 2.63. The van der Waals surface area contributed by atoms with Gasteiger partial charge in [-0.3, -0.25) is 0 Å². The van der Waals surface area contributed by atoms with Gasteiger partial charge in [0.25, 0.3) is 0 Å². The van der Waals surface area contributed by atoms with Gasteiger partial charge in [0.1, 0.15) is 11.6 Å². The Morgan fingerprint density at radius 1 is 1.37 bits per heavy atom. The lowest BCUT2D eigenvalue weighted by molar-refractivity contribution is 0.0997. The van der Waals surface area contributed by atoms with Crippen LogP contribution in [0.2, 0.25) is 0 Å². The van der Waals surface area contributed by atoms with Gasteiger partial charge in [0.05, 0.1) is 6.10 Å². The average molecular weight is 269 g/mol. The van der Waals surface area contributed by atoms with Gasteiger partial charge in [-0.1, -0.05) is 0 Å². The molecule has 0 amide bonds. The summed E-state index contributed by atoms with van der Waals surface area (Å²) in [4.78, 5) is 0. The molecule has 1 aliphatic heterocycles. The van der Waals surface area contributed by atoms with E-state index in [1.165, 1.54) is 0 Å². The molecule has 4 heteroatoms. The fraction of sp³-hybridized carbons (Fsp3) is 0.600. The molecule has 0 radical (unpaired) electrons. The second-order valence-electron chi connectivity index (χ2n) is 5.18. The molecule has 2 rings (SSSR count). The molecule has 1 aromatic carbocycles. The number of rotatable bonds is 5. The number of benzene rings is 1. The molecule has 106 valence electrons. The van der Waals surface area contributed by atoms with E-state index in [1.54, 1.807) is 20.0 Å². The predicted octanol–water partition coefficient (Wildman–Crippen LogP) is 3.49. The molecule has 1 heterocycles. The molecule has 1 fully saturated rings. The molecule has 2 atom stereocenters. The van der Waals surface area contributed by atoms with Crippen LogP contribution in [0.4, 0.5) is 8.78 Å². The van der Waals surface area contributed by atoms with Crippen molar-refractivity contribution in [2.75, 3.05) is 13.7 Å². The first-order valence-corrected chi connectivity index (χ1v) is 6.86. The van der Waals surface area contributed by atoms with Crippen molar-refractivity contribution < 1.29 is 13.5 Å². The zero-order valence-corrected chi connectivity index (χ0v) is 11.5. The van der Waals surface area contributed by atoms with Gasteiger partial charge < -0.3 is 10.1 Å². The van der Waals surface area contributed by atoms with E-state index in [0.29, 0.717) is 17.2 Å². The van der Waals surface area contributed by atoms with Gasteiger partial charge in [-0.25, -0.2) is 8.78 Å². The monoisotopic (exact) mass is 269 g/mol. The zero-order valence-electron chi connectivity index (χ0n) is 11.5. The summed E-state index contributed by atoms with van der Waals surface area (Å²) in [6.45, 7) is 2.49. The van der Waals surface area contributed by atoms with Crippen molar-refractivity contribution in [3.05, 3.63) is 34.9 Å². The summed E-state index contributed by atoms with van der Waals surface area (Å²) in [5.74, 6) is -0.968.